The van der Waals surface area contributed by atoms with Gasteiger partial charge in [0.2, 0.25) is 0 Å². The van der Waals surface area contributed by atoms with Crippen LogP contribution in [0.4, 0.5) is 5.69 Å². The predicted octanol–water partition coefficient (Wildman–Crippen LogP) is 2.46. The minimum Gasteiger partial charge on any atom is -0.493 e. The molecule has 18 heavy (non-hydrogen) atoms. The van der Waals surface area contributed by atoms with Crippen LogP contribution in [0.1, 0.15) is 6.42 Å². The molecule has 1 fully saturated rings. The van der Waals surface area contributed by atoms with Gasteiger partial charge in [0.05, 0.1) is 19.7 Å². The highest BCUT2D eigenvalue weighted by molar-refractivity contribution is 5.94. The molecular formula is C14H16N2O2. The molecule has 0 unspecified atom stereocenters. The number of nitrogens with zero attached hydrogens (tertiary/aromatic N) is 2. The molecule has 1 aromatic carbocycles. The SMILES string of the molecule is COc1cc2nccc(N3CCC3)c2cc1OC. The Hall–Kier alpha value is -1.97. The smallest absolute Gasteiger partial charge is 0.162 e. The standard InChI is InChI=1S/C14H16N2O2/c1-17-13-8-10-11(9-14(13)18-2)15-5-4-12(10)16-6-3-7-16/h4-5,8-9H,3,6-7H2,1-2H3. The van der Waals surface area contributed by atoms with E-state index >= 15 is 0 Å². The summed E-state index contributed by atoms with van der Waals surface area (Å²) in [5, 5.41) is 1.12. The first-order chi connectivity index (χ1) is 8.83. The number of aromatic nitrogens is 1. The summed E-state index contributed by atoms with van der Waals surface area (Å²) in [7, 11) is 3.30. The Bertz CT molecular complexity index is 579. The topological polar surface area (TPSA) is 34.6 Å². The Morgan fingerprint density at radius 2 is 1.83 bits per heavy atom. The number of methoxy groups -OCH3 is 2. The fourth-order valence-electron chi connectivity index (χ4n) is 2.29. The van der Waals surface area contributed by atoms with Crippen LogP contribution in [0.2, 0.25) is 0 Å². The summed E-state index contributed by atoms with van der Waals surface area (Å²) in [6.45, 7) is 2.24. The number of hydrogen-bond donors (Lipinski definition) is 0. The molecule has 2 heterocycles. The van der Waals surface area contributed by atoms with Crippen LogP contribution in [-0.2, 0) is 0 Å². The van der Waals surface area contributed by atoms with E-state index in [0.29, 0.717) is 0 Å². The van der Waals surface area contributed by atoms with Crippen molar-refractivity contribution in [2.24, 2.45) is 0 Å². The molecule has 1 aromatic heterocycles. The molecule has 1 aliphatic rings. The third-order valence-electron chi connectivity index (χ3n) is 3.42. The van der Waals surface area contributed by atoms with Gasteiger partial charge in [-0.2, -0.15) is 0 Å². The van der Waals surface area contributed by atoms with Gasteiger partial charge < -0.3 is 14.4 Å². The molecule has 0 saturated carbocycles. The molecule has 0 N–H and O–H groups in total. The minimum absolute atomic E-state index is 0.721. The summed E-state index contributed by atoms with van der Waals surface area (Å²) in [6, 6.07) is 6.00. The molecule has 0 bridgehead atoms. The van der Waals surface area contributed by atoms with Crippen molar-refractivity contribution in [1.29, 1.82) is 0 Å². The Kier molecular flexibility index (Phi) is 2.70. The molecule has 0 radical (unpaired) electrons. The van der Waals surface area contributed by atoms with Gasteiger partial charge in [-0.25, -0.2) is 0 Å². The van der Waals surface area contributed by atoms with Crippen LogP contribution in [0.3, 0.4) is 0 Å². The van der Waals surface area contributed by atoms with E-state index in [1.807, 2.05) is 18.3 Å². The average Bonchev–Trinajstić information content (AvgIpc) is 2.35. The van der Waals surface area contributed by atoms with Gasteiger partial charge in [0.15, 0.2) is 11.5 Å². The fraction of sp³-hybridized carbons (Fsp3) is 0.357. The van der Waals surface area contributed by atoms with Crippen molar-refractivity contribution in [2.45, 2.75) is 6.42 Å². The largest absolute Gasteiger partial charge is 0.493 e. The van der Waals surface area contributed by atoms with E-state index in [9.17, 15) is 0 Å². The highest BCUT2D eigenvalue weighted by Crippen LogP contribution is 2.36. The third-order valence-corrected chi connectivity index (χ3v) is 3.42. The molecule has 3 rings (SSSR count). The molecule has 1 saturated heterocycles. The Morgan fingerprint density at radius 1 is 1.11 bits per heavy atom. The second-order valence-corrected chi connectivity index (χ2v) is 4.40. The lowest BCUT2D eigenvalue weighted by atomic mass is 10.1. The molecule has 0 atom stereocenters. The van der Waals surface area contributed by atoms with E-state index in [4.69, 9.17) is 9.47 Å². The number of hydrogen-bond acceptors (Lipinski definition) is 4. The number of fused-ring (bicyclic) bond motifs is 1. The average molecular weight is 244 g/mol. The van der Waals surface area contributed by atoms with Crippen molar-refractivity contribution in [3.63, 3.8) is 0 Å². The van der Waals surface area contributed by atoms with Crippen LogP contribution in [0.5, 0.6) is 11.5 Å². The summed E-state index contributed by atoms with van der Waals surface area (Å²) in [6.07, 6.45) is 3.11. The molecule has 4 nitrogen and oxygen atoms in total. The quantitative estimate of drug-likeness (QED) is 0.830. The first-order valence-corrected chi connectivity index (χ1v) is 6.09. The first kappa shape index (κ1) is 11.1. The Labute approximate surface area is 106 Å². The summed E-state index contributed by atoms with van der Waals surface area (Å²) in [4.78, 5) is 6.76. The third kappa shape index (κ3) is 1.65. The van der Waals surface area contributed by atoms with Gasteiger partial charge in [-0.05, 0) is 18.6 Å². The maximum atomic E-state index is 5.36. The predicted molar refractivity (Wildman–Crippen MR) is 71.7 cm³/mol. The zero-order valence-corrected chi connectivity index (χ0v) is 10.6. The van der Waals surface area contributed by atoms with Crippen LogP contribution in [0.25, 0.3) is 10.9 Å². The maximum Gasteiger partial charge on any atom is 0.162 e. The highest BCUT2D eigenvalue weighted by Gasteiger charge is 2.18. The van der Waals surface area contributed by atoms with Crippen molar-refractivity contribution in [2.75, 3.05) is 32.2 Å². The molecular weight excluding hydrogens is 228 g/mol. The molecule has 94 valence electrons. The summed E-state index contributed by atoms with van der Waals surface area (Å²) in [5.41, 5.74) is 2.17. The summed E-state index contributed by atoms with van der Waals surface area (Å²) >= 11 is 0. The van der Waals surface area contributed by atoms with Gasteiger partial charge in [-0.3, -0.25) is 4.98 Å². The fourth-order valence-corrected chi connectivity index (χ4v) is 2.29. The number of pyridine rings is 1. The van der Waals surface area contributed by atoms with Crippen molar-refractivity contribution >= 4 is 16.6 Å². The number of rotatable bonds is 3. The molecule has 0 aliphatic carbocycles. The van der Waals surface area contributed by atoms with Gasteiger partial charge in [0.1, 0.15) is 0 Å². The van der Waals surface area contributed by atoms with Crippen molar-refractivity contribution in [3.05, 3.63) is 24.4 Å². The van der Waals surface area contributed by atoms with Crippen LogP contribution in [-0.4, -0.2) is 32.3 Å². The first-order valence-electron chi connectivity index (χ1n) is 6.09. The molecule has 1 aliphatic heterocycles. The number of benzene rings is 1. The van der Waals surface area contributed by atoms with E-state index in [1.54, 1.807) is 14.2 Å². The van der Waals surface area contributed by atoms with Gasteiger partial charge in [-0.1, -0.05) is 0 Å². The molecule has 0 spiro atoms. The second kappa shape index (κ2) is 4.37. The molecule has 4 heteroatoms. The van der Waals surface area contributed by atoms with E-state index < -0.39 is 0 Å². The van der Waals surface area contributed by atoms with Gasteiger partial charge >= 0.3 is 0 Å². The zero-order chi connectivity index (χ0) is 12.5. The molecule has 2 aromatic rings. The summed E-state index contributed by atoms with van der Waals surface area (Å²) < 4.78 is 10.7. The van der Waals surface area contributed by atoms with Crippen molar-refractivity contribution < 1.29 is 9.47 Å². The highest BCUT2D eigenvalue weighted by atomic mass is 16.5. The molecule has 0 amide bonds. The lowest BCUT2D eigenvalue weighted by Crippen LogP contribution is -2.37. The van der Waals surface area contributed by atoms with Crippen LogP contribution >= 0.6 is 0 Å². The maximum absolute atomic E-state index is 5.36. The van der Waals surface area contributed by atoms with E-state index in [-0.39, 0.29) is 0 Å². The van der Waals surface area contributed by atoms with Gasteiger partial charge in [0.25, 0.3) is 0 Å². The van der Waals surface area contributed by atoms with Crippen LogP contribution < -0.4 is 14.4 Å². The Balaban J connectivity index is 2.20. The normalized spacial score (nSPS) is 14.4. The van der Waals surface area contributed by atoms with E-state index in [0.717, 1.165) is 35.5 Å². The second-order valence-electron chi connectivity index (χ2n) is 4.40. The van der Waals surface area contributed by atoms with E-state index in [1.165, 1.54) is 12.1 Å². The van der Waals surface area contributed by atoms with Crippen LogP contribution in [0.15, 0.2) is 24.4 Å². The minimum atomic E-state index is 0.721. The number of anilines is 1. The lowest BCUT2D eigenvalue weighted by Gasteiger charge is -2.34. The Morgan fingerprint density at radius 3 is 2.44 bits per heavy atom. The number of ether oxygens (including phenoxy) is 2. The van der Waals surface area contributed by atoms with Gasteiger partial charge in [0, 0.05) is 36.4 Å². The van der Waals surface area contributed by atoms with Crippen molar-refractivity contribution in [1.82, 2.24) is 4.98 Å². The summed E-state index contributed by atoms with van der Waals surface area (Å²) in [5.74, 6) is 1.47. The zero-order valence-electron chi connectivity index (χ0n) is 10.6. The van der Waals surface area contributed by atoms with Crippen LogP contribution in [0, 0.1) is 0 Å². The van der Waals surface area contributed by atoms with Gasteiger partial charge in [-0.15, -0.1) is 0 Å². The van der Waals surface area contributed by atoms with Crippen molar-refractivity contribution in [3.8, 4) is 11.5 Å². The lowest BCUT2D eigenvalue weighted by molar-refractivity contribution is 0.356. The van der Waals surface area contributed by atoms with E-state index in [2.05, 4.69) is 16.0 Å². The monoisotopic (exact) mass is 244 g/mol.